The van der Waals surface area contributed by atoms with E-state index in [0.29, 0.717) is 5.89 Å². The lowest BCUT2D eigenvalue weighted by molar-refractivity contribution is 0.102. The van der Waals surface area contributed by atoms with Crippen molar-refractivity contribution < 1.29 is 26.0 Å². The first-order valence-electron chi connectivity index (χ1n) is 8.34. The Morgan fingerprint density at radius 1 is 1.21 bits per heavy atom. The summed E-state index contributed by atoms with van der Waals surface area (Å²) >= 11 is 6.20. The van der Waals surface area contributed by atoms with E-state index < -0.39 is 45.6 Å². The van der Waals surface area contributed by atoms with Gasteiger partial charge in [-0.3, -0.25) is 10.1 Å². The normalized spacial score (nSPS) is 15.0. The Bertz CT molecular complexity index is 1150. The van der Waals surface area contributed by atoms with Gasteiger partial charge in [-0.05, 0) is 38.8 Å². The number of hydrogen-bond acceptors (Lipinski definition) is 8. The standard InChI is InChI=1S/C16H18ClN3O6S2/c1-8(2)28(24,25)13-11(27(3,22)23)7-6-10(12(13)17)14(21)18-16-20-19-15(26-16)9-4-5-9/h6-9H,4-5H2,1-3H3,(H,18,20,21). The van der Waals surface area contributed by atoms with Crippen molar-refractivity contribution in [2.24, 2.45) is 0 Å². The van der Waals surface area contributed by atoms with E-state index >= 15 is 0 Å². The van der Waals surface area contributed by atoms with Gasteiger partial charge in [-0.1, -0.05) is 16.7 Å². The van der Waals surface area contributed by atoms with E-state index in [-0.39, 0.29) is 17.5 Å². The summed E-state index contributed by atoms with van der Waals surface area (Å²) in [6.45, 7) is 2.78. The highest BCUT2D eigenvalue weighted by Crippen LogP contribution is 2.39. The summed E-state index contributed by atoms with van der Waals surface area (Å²) in [5.41, 5.74) is -0.223. The quantitative estimate of drug-likeness (QED) is 0.712. The van der Waals surface area contributed by atoms with Gasteiger partial charge in [0.1, 0.15) is 4.90 Å². The van der Waals surface area contributed by atoms with Gasteiger partial charge in [-0.15, -0.1) is 5.10 Å². The first kappa shape index (κ1) is 20.7. The summed E-state index contributed by atoms with van der Waals surface area (Å²) < 4.78 is 54.9. The van der Waals surface area contributed by atoms with Crippen LogP contribution in [-0.4, -0.2) is 44.4 Å². The number of anilines is 1. The lowest BCUT2D eigenvalue weighted by atomic mass is 10.2. The molecular formula is C16H18ClN3O6S2. The molecule has 9 nitrogen and oxygen atoms in total. The molecule has 12 heteroatoms. The first-order chi connectivity index (χ1) is 12.9. The molecule has 3 rings (SSSR count). The number of halogens is 1. The molecule has 0 bridgehead atoms. The van der Waals surface area contributed by atoms with Crippen molar-refractivity contribution in [1.29, 1.82) is 0 Å². The van der Waals surface area contributed by atoms with Crippen LogP contribution < -0.4 is 5.32 Å². The highest BCUT2D eigenvalue weighted by atomic mass is 35.5. The minimum atomic E-state index is -4.09. The molecule has 0 aliphatic heterocycles. The number of nitrogens with zero attached hydrogens (tertiary/aromatic N) is 2. The zero-order chi connectivity index (χ0) is 20.9. The van der Waals surface area contributed by atoms with Crippen molar-refractivity contribution in [2.45, 2.75) is 47.6 Å². The number of benzene rings is 1. The Morgan fingerprint density at radius 2 is 1.86 bits per heavy atom. The van der Waals surface area contributed by atoms with Gasteiger partial charge in [0.2, 0.25) is 5.89 Å². The predicted molar refractivity (Wildman–Crippen MR) is 101 cm³/mol. The van der Waals surface area contributed by atoms with Crippen molar-refractivity contribution in [3.63, 3.8) is 0 Å². The second-order valence-corrected chi connectivity index (χ2v) is 11.6. The van der Waals surface area contributed by atoms with E-state index in [1.54, 1.807) is 0 Å². The van der Waals surface area contributed by atoms with Gasteiger partial charge in [0.05, 0.1) is 20.7 Å². The predicted octanol–water partition coefficient (Wildman–Crippen LogP) is 2.44. The van der Waals surface area contributed by atoms with Crippen molar-refractivity contribution in [3.05, 3.63) is 28.6 Å². The number of rotatable bonds is 6. The number of carbonyl (C=O) groups is 1. The molecule has 1 aromatic heterocycles. The molecule has 1 aromatic carbocycles. The summed E-state index contributed by atoms with van der Waals surface area (Å²) in [5.74, 6) is -0.188. The number of hydrogen-bond donors (Lipinski definition) is 1. The van der Waals surface area contributed by atoms with Crippen LogP contribution in [0.3, 0.4) is 0 Å². The Labute approximate surface area is 167 Å². The van der Waals surface area contributed by atoms with Crippen LogP contribution in [0.25, 0.3) is 0 Å². The molecule has 0 radical (unpaired) electrons. The fraction of sp³-hybridized carbons (Fsp3) is 0.438. The molecule has 1 heterocycles. The fourth-order valence-corrected chi connectivity index (χ4v) is 5.82. The van der Waals surface area contributed by atoms with Crippen LogP contribution in [0, 0.1) is 0 Å². The number of aromatic nitrogens is 2. The molecule has 1 aliphatic rings. The highest BCUT2D eigenvalue weighted by molar-refractivity contribution is 7.94. The zero-order valence-corrected chi connectivity index (χ0v) is 17.7. The maximum absolute atomic E-state index is 12.7. The van der Waals surface area contributed by atoms with Crippen LogP contribution >= 0.6 is 11.6 Å². The maximum atomic E-state index is 12.7. The molecule has 0 spiro atoms. The van der Waals surface area contributed by atoms with Gasteiger partial charge in [-0.2, -0.15) is 0 Å². The molecule has 1 amide bonds. The van der Waals surface area contributed by atoms with Crippen LogP contribution in [0.1, 0.15) is 48.9 Å². The van der Waals surface area contributed by atoms with Crippen molar-refractivity contribution in [2.75, 3.05) is 11.6 Å². The lowest BCUT2D eigenvalue weighted by Gasteiger charge is -2.16. The molecule has 0 unspecified atom stereocenters. The molecule has 1 aliphatic carbocycles. The Balaban J connectivity index is 2.05. The third kappa shape index (κ3) is 3.91. The fourth-order valence-electron chi connectivity index (χ4n) is 2.45. The SMILES string of the molecule is CC(C)S(=O)(=O)c1c(S(C)(=O)=O)ccc(C(=O)Nc2nnc(C3CC3)o2)c1Cl. The van der Waals surface area contributed by atoms with E-state index in [0.717, 1.165) is 31.2 Å². The second kappa shape index (κ2) is 7.12. The van der Waals surface area contributed by atoms with Gasteiger partial charge in [0, 0.05) is 12.2 Å². The van der Waals surface area contributed by atoms with Gasteiger partial charge in [0.25, 0.3) is 5.91 Å². The first-order valence-corrected chi connectivity index (χ1v) is 12.2. The summed E-state index contributed by atoms with van der Waals surface area (Å²) in [6, 6.07) is 2.05. The topological polar surface area (TPSA) is 136 Å². The number of carbonyl (C=O) groups excluding carboxylic acids is 1. The van der Waals surface area contributed by atoms with Gasteiger partial charge >= 0.3 is 6.01 Å². The van der Waals surface area contributed by atoms with E-state index in [1.807, 2.05) is 0 Å². The molecule has 0 saturated heterocycles. The minimum Gasteiger partial charge on any atom is -0.408 e. The lowest BCUT2D eigenvalue weighted by Crippen LogP contribution is -2.21. The zero-order valence-electron chi connectivity index (χ0n) is 15.3. The van der Waals surface area contributed by atoms with E-state index in [4.69, 9.17) is 16.0 Å². The van der Waals surface area contributed by atoms with Crippen LogP contribution in [0.5, 0.6) is 0 Å². The molecule has 152 valence electrons. The van der Waals surface area contributed by atoms with Crippen LogP contribution in [0.15, 0.2) is 26.3 Å². The number of amides is 1. The molecule has 2 aromatic rings. The highest BCUT2D eigenvalue weighted by Gasteiger charge is 2.33. The number of sulfone groups is 2. The van der Waals surface area contributed by atoms with Crippen LogP contribution in [-0.2, 0) is 19.7 Å². The van der Waals surface area contributed by atoms with E-state index in [2.05, 4.69) is 15.5 Å². The summed E-state index contributed by atoms with van der Waals surface area (Å²) in [5, 5.41) is 8.50. The average molecular weight is 448 g/mol. The number of nitrogens with one attached hydrogen (secondary N) is 1. The Morgan fingerprint density at radius 3 is 2.39 bits per heavy atom. The molecule has 1 saturated carbocycles. The summed E-state index contributed by atoms with van der Waals surface area (Å²) in [4.78, 5) is 11.5. The summed E-state index contributed by atoms with van der Waals surface area (Å²) in [6.07, 6.45) is 2.74. The minimum absolute atomic E-state index is 0.150. The second-order valence-electron chi connectivity index (χ2n) is 6.79. The molecule has 0 atom stereocenters. The van der Waals surface area contributed by atoms with Crippen molar-refractivity contribution in [3.8, 4) is 0 Å². The molecule has 1 N–H and O–H groups in total. The molecular weight excluding hydrogens is 430 g/mol. The Hall–Kier alpha value is -1.98. The monoisotopic (exact) mass is 447 g/mol. The van der Waals surface area contributed by atoms with Crippen LogP contribution in [0.4, 0.5) is 6.01 Å². The van der Waals surface area contributed by atoms with Crippen LogP contribution in [0.2, 0.25) is 5.02 Å². The Kier molecular flexibility index (Phi) is 5.28. The third-order valence-electron chi connectivity index (χ3n) is 4.20. The van der Waals surface area contributed by atoms with Crippen molar-refractivity contribution >= 4 is 43.2 Å². The van der Waals surface area contributed by atoms with Crippen molar-refractivity contribution in [1.82, 2.24) is 10.2 Å². The third-order valence-corrected chi connectivity index (χ3v) is 8.21. The van der Waals surface area contributed by atoms with Gasteiger partial charge < -0.3 is 4.42 Å². The largest absolute Gasteiger partial charge is 0.408 e. The van der Waals surface area contributed by atoms with E-state index in [9.17, 15) is 21.6 Å². The average Bonchev–Trinajstić information content (AvgIpc) is 3.33. The summed E-state index contributed by atoms with van der Waals surface area (Å²) in [7, 11) is -8.00. The smallest absolute Gasteiger partial charge is 0.322 e. The maximum Gasteiger partial charge on any atom is 0.322 e. The van der Waals surface area contributed by atoms with Gasteiger partial charge in [0.15, 0.2) is 19.7 Å². The molecule has 1 fully saturated rings. The van der Waals surface area contributed by atoms with E-state index in [1.165, 1.54) is 13.8 Å². The van der Waals surface area contributed by atoms with Gasteiger partial charge in [-0.25, -0.2) is 16.8 Å². The molecule has 28 heavy (non-hydrogen) atoms.